The highest BCUT2D eigenvalue weighted by Gasteiger charge is 2.35. The van der Waals surface area contributed by atoms with Crippen molar-refractivity contribution < 1.29 is 28.6 Å². The lowest BCUT2D eigenvalue weighted by atomic mass is 10.2. The van der Waals surface area contributed by atoms with Gasteiger partial charge in [0.1, 0.15) is 11.5 Å². The van der Waals surface area contributed by atoms with Gasteiger partial charge in [-0.3, -0.25) is 9.59 Å². The highest BCUT2D eigenvalue weighted by molar-refractivity contribution is 5.97. The number of para-hydroxylation sites is 2. The summed E-state index contributed by atoms with van der Waals surface area (Å²) in [5.41, 5.74) is 1.15. The van der Waals surface area contributed by atoms with Gasteiger partial charge in [0, 0.05) is 12.6 Å². The van der Waals surface area contributed by atoms with Crippen LogP contribution in [0.5, 0.6) is 11.5 Å². The third-order valence-corrected chi connectivity index (χ3v) is 4.51. The zero-order chi connectivity index (χ0) is 21.7. The first kappa shape index (κ1) is 21.2. The summed E-state index contributed by atoms with van der Waals surface area (Å²) in [6.07, 6.45) is -2.07. The van der Waals surface area contributed by atoms with Crippen molar-refractivity contribution in [3.8, 4) is 11.5 Å². The molecule has 2 aromatic rings. The summed E-state index contributed by atoms with van der Waals surface area (Å²) < 4.78 is 16.3. The van der Waals surface area contributed by atoms with E-state index < -0.39 is 24.1 Å². The van der Waals surface area contributed by atoms with Gasteiger partial charge in [-0.25, -0.2) is 4.79 Å². The fraction of sp³-hybridized carbons (Fsp3) is 0.318. The molecular formula is C22H24N2O6. The molecule has 30 heavy (non-hydrogen) atoms. The van der Waals surface area contributed by atoms with Crippen molar-refractivity contribution in [3.05, 3.63) is 48.5 Å². The molecule has 0 aromatic heterocycles. The number of hydrogen-bond acceptors (Lipinski definition) is 6. The number of ether oxygens (including phenoxy) is 3. The smallest absolute Gasteiger partial charge is 0.350 e. The van der Waals surface area contributed by atoms with Crippen molar-refractivity contribution in [3.63, 3.8) is 0 Å². The van der Waals surface area contributed by atoms with Crippen LogP contribution in [0.2, 0.25) is 0 Å². The van der Waals surface area contributed by atoms with Crippen molar-refractivity contribution in [2.75, 3.05) is 23.4 Å². The van der Waals surface area contributed by atoms with Crippen molar-refractivity contribution >= 4 is 29.2 Å². The predicted octanol–water partition coefficient (Wildman–Crippen LogP) is 2.77. The van der Waals surface area contributed by atoms with Gasteiger partial charge in [0.25, 0.3) is 5.91 Å². The van der Waals surface area contributed by atoms with Crippen LogP contribution in [0.25, 0.3) is 0 Å². The molecule has 1 aliphatic rings. The van der Waals surface area contributed by atoms with Gasteiger partial charge < -0.3 is 24.4 Å². The Morgan fingerprint density at radius 2 is 1.87 bits per heavy atom. The lowest BCUT2D eigenvalue weighted by molar-refractivity contribution is -0.160. The zero-order valence-electron chi connectivity index (χ0n) is 17.1. The Kier molecular flexibility index (Phi) is 6.56. The average molecular weight is 412 g/mol. The van der Waals surface area contributed by atoms with Crippen LogP contribution in [0.1, 0.15) is 20.8 Å². The van der Waals surface area contributed by atoms with E-state index in [1.54, 1.807) is 48.5 Å². The maximum atomic E-state index is 12.6. The average Bonchev–Trinajstić information content (AvgIpc) is 2.74. The maximum Gasteiger partial charge on any atom is 0.350 e. The molecule has 158 valence electrons. The van der Waals surface area contributed by atoms with Crippen LogP contribution in [-0.4, -0.2) is 43.1 Å². The van der Waals surface area contributed by atoms with E-state index in [1.165, 1.54) is 18.7 Å². The van der Waals surface area contributed by atoms with Crippen LogP contribution in [0, 0.1) is 0 Å². The highest BCUT2D eigenvalue weighted by Crippen LogP contribution is 2.33. The third kappa shape index (κ3) is 4.89. The van der Waals surface area contributed by atoms with E-state index in [4.69, 9.17) is 14.2 Å². The molecule has 0 bridgehead atoms. The largest absolute Gasteiger partial charge is 0.494 e. The summed E-state index contributed by atoms with van der Waals surface area (Å²) in [7, 11) is 0. The molecule has 0 saturated heterocycles. The van der Waals surface area contributed by atoms with Gasteiger partial charge in [-0.05, 0) is 50.2 Å². The molecule has 2 atom stereocenters. The molecule has 0 fully saturated rings. The monoisotopic (exact) mass is 412 g/mol. The lowest BCUT2D eigenvalue weighted by Gasteiger charge is -2.33. The van der Waals surface area contributed by atoms with Crippen molar-refractivity contribution in [2.45, 2.75) is 33.0 Å². The number of rotatable bonds is 6. The molecule has 0 spiro atoms. The summed E-state index contributed by atoms with van der Waals surface area (Å²) in [5.74, 6) is -0.311. The van der Waals surface area contributed by atoms with E-state index in [2.05, 4.69) is 5.32 Å². The Morgan fingerprint density at radius 1 is 1.17 bits per heavy atom. The Labute approximate surface area is 174 Å². The Morgan fingerprint density at radius 3 is 2.53 bits per heavy atom. The molecule has 8 heteroatoms. The van der Waals surface area contributed by atoms with Gasteiger partial charge in [0.05, 0.1) is 18.8 Å². The number of carbonyl (C=O) groups is 3. The van der Waals surface area contributed by atoms with E-state index >= 15 is 0 Å². The molecule has 8 nitrogen and oxygen atoms in total. The minimum atomic E-state index is -1.05. The molecular weight excluding hydrogens is 388 g/mol. The summed E-state index contributed by atoms with van der Waals surface area (Å²) in [4.78, 5) is 38.4. The number of amides is 2. The molecule has 0 saturated carbocycles. The number of nitrogens with one attached hydrogen (secondary N) is 1. The fourth-order valence-corrected chi connectivity index (χ4v) is 3.00. The summed E-state index contributed by atoms with van der Waals surface area (Å²) in [6.45, 7) is 5.33. The number of benzene rings is 2. The summed E-state index contributed by atoms with van der Waals surface area (Å²) in [5, 5.41) is 2.68. The van der Waals surface area contributed by atoms with Gasteiger partial charge in [-0.1, -0.05) is 12.1 Å². The van der Waals surface area contributed by atoms with Crippen LogP contribution in [0.3, 0.4) is 0 Å². The normalized spacial score (nSPS) is 16.0. The first-order valence-corrected chi connectivity index (χ1v) is 9.67. The second-order valence-electron chi connectivity index (χ2n) is 6.73. The lowest BCUT2D eigenvalue weighted by Crippen LogP contribution is -2.48. The molecule has 0 unspecified atom stereocenters. The minimum Gasteiger partial charge on any atom is -0.494 e. The topological polar surface area (TPSA) is 94.2 Å². The van der Waals surface area contributed by atoms with Crippen molar-refractivity contribution in [1.82, 2.24) is 0 Å². The second-order valence-corrected chi connectivity index (χ2v) is 6.73. The molecule has 2 amide bonds. The number of hydrogen-bond donors (Lipinski definition) is 1. The number of esters is 1. The van der Waals surface area contributed by atoms with Crippen LogP contribution in [-0.2, 0) is 19.1 Å². The van der Waals surface area contributed by atoms with Crippen LogP contribution in [0.4, 0.5) is 11.4 Å². The highest BCUT2D eigenvalue weighted by atomic mass is 16.6. The number of nitrogens with zero attached hydrogens (tertiary/aromatic N) is 1. The molecule has 1 N–H and O–H groups in total. The number of carbonyl (C=O) groups excluding carboxylic acids is 3. The maximum absolute atomic E-state index is 12.6. The van der Waals surface area contributed by atoms with Crippen molar-refractivity contribution in [2.24, 2.45) is 0 Å². The third-order valence-electron chi connectivity index (χ3n) is 4.51. The molecule has 1 aliphatic heterocycles. The van der Waals surface area contributed by atoms with E-state index in [0.29, 0.717) is 29.5 Å². The number of anilines is 2. The number of fused-ring (bicyclic) bond motifs is 1. The first-order valence-electron chi connectivity index (χ1n) is 9.67. The van der Waals surface area contributed by atoms with Gasteiger partial charge in [0.15, 0.2) is 6.10 Å². The Hall–Kier alpha value is -3.55. The first-order chi connectivity index (χ1) is 14.4. The quantitative estimate of drug-likeness (QED) is 0.734. The van der Waals surface area contributed by atoms with Crippen molar-refractivity contribution in [1.29, 1.82) is 0 Å². The van der Waals surface area contributed by atoms with Gasteiger partial charge in [-0.2, -0.15) is 0 Å². The summed E-state index contributed by atoms with van der Waals surface area (Å²) >= 11 is 0. The Balaban J connectivity index is 1.61. The summed E-state index contributed by atoms with van der Waals surface area (Å²) in [6, 6.07) is 13.8. The molecule has 0 aliphatic carbocycles. The SMILES string of the molecule is CCOc1ccc(NC(=O)[C@H](C)OC(=O)[C@H]2CN(C(C)=O)c3ccccc3O2)cc1. The zero-order valence-corrected chi connectivity index (χ0v) is 17.1. The molecule has 1 heterocycles. The van der Waals surface area contributed by atoms with Crippen LogP contribution < -0.4 is 19.7 Å². The van der Waals surface area contributed by atoms with E-state index in [0.717, 1.165) is 0 Å². The standard InChI is InChI=1S/C22H24N2O6/c1-4-28-17-11-9-16(10-12-17)23-21(26)14(2)29-22(27)20-13-24(15(3)25)18-7-5-6-8-19(18)30-20/h5-12,14,20H,4,13H2,1-3H3,(H,23,26)/t14-,20+/m0/s1. The van der Waals surface area contributed by atoms with Gasteiger partial charge in [-0.15, -0.1) is 0 Å². The van der Waals surface area contributed by atoms with Gasteiger partial charge >= 0.3 is 5.97 Å². The minimum absolute atomic E-state index is 0.0123. The van der Waals surface area contributed by atoms with E-state index in [-0.39, 0.29) is 12.5 Å². The second kappa shape index (κ2) is 9.30. The molecule has 0 radical (unpaired) electrons. The van der Waals surface area contributed by atoms with Gasteiger partial charge in [0.2, 0.25) is 12.0 Å². The van der Waals surface area contributed by atoms with E-state index in [9.17, 15) is 14.4 Å². The fourth-order valence-electron chi connectivity index (χ4n) is 3.00. The van der Waals surface area contributed by atoms with E-state index in [1.807, 2.05) is 6.92 Å². The molecule has 2 aromatic carbocycles. The molecule has 3 rings (SSSR count). The Bertz CT molecular complexity index is 927. The van der Waals surface area contributed by atoms with Crippen LogP contribution >= 0.6 is 0 Å². The predicted molar refractivity (Wildman–Crippen MR) is 111 cm³/mol. The van der Waals surface area contributed by atoms with Crippen LogP contribution in [0.15, 0.2) is 48.5 Å².